The molecule has 0 unspecified atom stereocenters. The molecule has 1 amide bonds. The quantitative estimate of drug-likeness (QED) is 0.807. The second-order valence-electron chi connectivity index (χ2n) is 4.58. The smallest absolute Gasteiger partial charge is 0.318 e. The Labute approximate surface area is 122 Å². The van der Waals surface area contributed by atoms with Gasteiger partial charge in [0.25, 0.3) is 5.91 Å². The number of rotatable bonds is 3. The normalized spacial score (nSPS) is 11.8. The maximum Gasteiger partial charge on any atom is 0.408 e. The molecule has 0 atom stereocenters. The molecule has 3 rings (SSSR count). The molecule has 0 saturated carbocycles. The third-order valence-corrected chi connectivity index (χ3v) is 2.89. The second kappa shape index (κ2) is 5.17. The third-order valence-electron chi connectivity index (χ3n) is 2.89. The molecule has 114 valence electrons. The minimum Gasteiger partial charge on any atom is -0.318 e. The van der Waals surface area contributed by atoms with Crippen molar-refractivity contribution in [1.29, 1.82) is 0 Å². The number of nitrogens with zero attached hydrogens (tertiary/aromatic N) is 4. The first-order chi connectivity index (χ1) is 10.4. The highest BCUT2D eigenvalue weighted by molar-refractivity contribution is 6.07. The van der Waals surface area contributed by atoms with Gasteiger partial charge in [0.05, 0.1) is 17.4 Å². The number of anilines is 1. The Morgan fingerprint density at radius 2 is 2.14 bits per heavy atom. The molecule has 0 aliphatic rings. The molecular weight excluding hydrogens is 299 g/mol. The molecule has 0 fully saturated rings. The van der Waals surface area contributed by atoms with Crippen molar-refractivity contribution >= 4 is 17.1 Å². The van der Waals surface area contributed by atoms with E-state index in [4.69, 9.17) is 0 Å². The molecule has 22 heavy (non-hydrogen) atoms. The summed E-state index contributed by atoms with van der Waals surface area (Å²) >= 11 is 0. The van der Waals surface area contributed by atoms with E-state index < -0.39 is 18.6 Å². The first-order valence-corrected chi connectivity index (χ1v) is 6.25. The number of carbonyl (C=O) groups excluding carboxylic acids is 1. The average molecular weight is 309 g/mol. The number of pyridine rings is 1. The number of hydrogen-bond donors (Lipinski definition) is 1. The lowest BCUT2D eigenvalue weighted by atomic mass is 10.3. The maximum absolute atomic E-state index is 12.2. The fraction of sp³-hybridized carbons (Fsp3) is 0.154. The van der Waals surface area contributed by atoms with Crippen LogP contribution < -0.4 is 5.32 Å². The molecule has 0 aliphatic heterocycles. The Balaban J connectivity index is 1.77. The van der Waals surface area contributed by atoms with Crippen molar-refractivity contribution in [3.05, 3.63) is 48.8 Å². The summed E-state index contributed by atoms with van der Waals surface area (Å²) in [5, 5.41) is 6.03. The van der Waals surface area contributed by atoms with Crippen molar-refractivity contribution in [2.75, 3.05) is 5.32 Å². The van der Waals surface area contributed by atoms with Gasteiger partial charge in [0.1, 0.15) is 12.9 Å². The summed E-state index contributed by atoms with van der Waals surface area (Å²) in [5.41, 5.74) is 0.957. The van der Waals surface area contributed by atoms with Crippen molar-refractivity contribution < 1.29 is 18.0 Å². The summed E-state index contributed by atoms with van der Waals surface area (Å²) in [6.07, 6.45) is 1.12. The molecule has 0 saturated heterocycles. The van der Waals surface area contributed by atoms with Crippen LogP contribution in [0.25, 0.3) is 5.52 Å². The molecule has 3 heterocycles. The van der Waals surface area contributed by atoms with E-state index in [1.54, 1.807) is 28.8 Å². The van der Waals surface area contributed by atoms with Crippen molar-refractivity contribution in [2.24, 2.45) is 0 Å². The number of fused-ring (bicyclic) bond motifs is 1. The zero-order valence-electron chi connectivity index (χ0n) is 11.1. The highest BCUT2D eigenvalue weighted by Gasteiger charge is 2.28. The fourth-order valence-corrected chi connectivity index (χ4v) is 2.01. The molecule has 0 radical (unpaired) electrons. The van der Waals surface area contributed by atoms with Gasteiger partial charge < -0.3 is 9.72 Å². The molecule has 0 aliphatic carbocycles. The molecule has 9 heteroatoms. The van der Waals surface area contributed by atoms with E-state index in [9.17, 15) is 18.0 Å². The molecule has 0 bridgehead atoms. The number of imidazole rings is 1. The van der Waals surface area contributed by atoms with E-state index in [0.29, 0.717) is 10.2 Å². The van der Waals surface area contributed by atoms with Gasteiger partial charge in [0.15, 0.2) is 5.69 Å². The first kappa shape index (κ1) is 14.1. The Bertz CT molecular complexity index is 820. The van der Waals surface area contributed by atoms with Gasteiger partial charge in [-0.2, -0.15) is 18.3 Å². The predicted molar refractivity (Wildman–Crippen MR) is 71.4 cm³/mol. The third kappa shape index (κ3) is 2.92. The summed E-state index contributed by atoms with van der Waals surface area (Å²) < 4.78 is 39.1. The summed E-state index contributed by atoms with van der Waals surface area (Å²) in [4.78, 5) is 16.1. The Kier molecular flexibility index (Phi) is 3.32. The van der Waals surface area contributed by atoms with Gasteiger partial charge in [-0.3, -0.25) is 9.48 Å². The topological polar surface area (TPSA) is 64.2 Å². The minimum absolute atomic E-state index is 0.173. The largest absolute Gasteiger partial charge is 0.408 e. The summed E-state index contributed by atoms with van der Waals surface area (Å²) in [7, 11) is 0. The number of aromatic nitrogens is 4. The van der Waals surface area contributed by atoms with E-state index in [1.807, 2.05) is 0 Å². The van der Waals surface area contributed by atoms with Crippen LogP contribution in [-0.4, -0.2) is 31.2 Å². The first-order valence-electron chi connectivity index (χ1n) is 6.25. The molecule has 1 N–H and O–H groups in total. The van der Waals surface area contributed by atoms with Crippen LogP contribution in [0.3, 0.4) is 0 Å². The zero-order chi connectivity index (χ0) is 15.7. The van der Waals surface area contributed by atoms with E-state index in [1.165, 1.54) is 6.33 Å². The standard InChI is InChI=1S/C13H10F3N5O/c14-13(15,16)7-21-6-9(5-18-21)19-12(22)11-10-3-1-2-4-20(10)8-17-11/h1-6,8H,7H2,(H,19,22). The predicted octanol–water partition coefficient (Wildman–Crippen LogP) is 2.35. The van der Waals surface area contributed by atoms with E-state index in [2.05, 4.69) is 15.4 Å². The van der Waals surface area contributed by atoms with Gasteiger partial charge in [-0.25, -0.2) is 4.98 Å². The summed E-state index contributed by atoms with van der Waals surface area (Å²) in [6, 6.07) is 5.27. The van der Waals surface area contributed by atoms with Gasteiger partial charge in [-0.15, -0.1) is 0 Å². The van der Waals surface area contributed by atoms with Crippen LogP contribution >= 0.6 is 0 Å². The number of carbonyl (C=O) groups is 1. The molecule has 0 spiro atoms. The Hall–Kier alpha value is -2.84. The Morgan fingerprint density at radius 1 is 1.32 bits per heavy atom. The highest BCUT2D eigenvalue weighted by Crippen LogP contribution is 2.18. The van der Waals surface area contributed by atoms with Crippen LogP contribution in [0.1, 0.15) is 10.5 Å². The second-order valence-corrected chi connectivity index (χ2v) is 4.58. The van der Waals surface area contributed by atoms with Crippen molar-refractivity contribution in [3.8, 4) is 0 Å². The highest BCUT2D eigenvalue weighted by atomic mass is 19.4. The van der Waals surface area contributed by atoms with Crippen LogP contribution in [0, 0.1) is 0 Å². The van der Waals surface area contributed by atoms with E-state index in [0.717, 1.165) is 12.4 Å². The molecule has 3 aromatic rings. The van der Waals surface area contributed by atoms with Crippen molar-refractivity contribution in [1.82, 2.24) is 19.2 Å². The number of amides is 1. The van der Waals surface area contributed by atoms with Crippen LogP contribution in [-0.2, 0) is 6.54 Å². The van der Waals surface area contributed by atoms with Crippen LogP contribution in [0.15, 0.2) is 43.1 Å². The molecule has 6 nitrogen and oxygen atoms in total. The molecule has 0 aromatic carbocycles. The lowest BCUT2D eigenvalue weighted by Gasteiger charge is -2.05. The van der Waals surface area contributed by atoms with Gasteiger partial charge in [0.2, 0.25) is 0 Å². The van der Waals surface area contributed by atoms with Crippen molar-refractivity contribution in [3.63, 3.8) is 0 Å². The van der Waals surface area contributed by atoms with Crippen LogP contribution in [0.5, 0.6) is 0 Å². The van der Waals surface area contributed by atoms with Crippen molar-refractivity contribution in [2.45, 2.75) is 12.7 Å². The van der Waals surface area contributed by atoms with E-state index >= 15 is 0 Å². The zero-order valence-corrected chi connectivity index (χ0v) is 11.1. The monoisotopic (exact) mass is 309 g/mol. The molecular formula is C13H10F3N5O. The van der Waals surface area contributed by atoms with Crippen LogP contribution in [0.4, 0.5) is 18.9 Å². The molecule has 3 aromatic heterocycles. The lowest BCUT2D eigenvalue weighted by Crippen LogP contribution is -2.18. The van der Waals surface area contributed by atoms with Gasteiger partial charge >= 0.3 is 6.18 Å². The SMILES string of the molecule is O=C(Nc1cnn(CC(F)(F)F)c1)c1ncn2ccccc12. The average Bonchev–Trinajstić information content (AvgIpc) is 3.03. The number of alkyl halides is 3. The fourth-order valence-electron chi connectivity index (χ4n) is 2.01. The van der Waals surface area contributed by atoms with Gasteiger partial charge in [-0.1, -0.05) is 6.07 Å². The summed E-state index contributed by atoms with van der Waals surface area (Å²) in [5.74, 6) is -0.514. The van der Waals surface area contributed by atoms with Crippen LogP contribution in [0.2, 0.25) is 0 Å². The number of hydrogen-bond acceptors (Lipinski definition) is 3. The van der Waals surface area contributed by atoms with Gasteiger partial charge in [-0.05, 0) is 12.1 Å². The number of nitrogens with one attached hydrogen (secondary N) is 1. The Morgan fingerprint density at radius 3 is 2.91 bits per heavy atom. The lowest BCUT2D eigenvalue weighted by molar-refractivity contribution is -0.142. The maximum atomic E-state index is 12.2. The number of halogens is 3. The summed E-state index contributed by atoms with van der Waals surface area (Å²) in [6.45, 7) is -1.21. The van der Waals surface area contributed by atoms with Gasteiger partial charge in [0, 0.05) is 12.4 Å². The minimum atomic E-state index is -4.37. The van der Waals surface area contributed by atoms with E-state index in [-0.39, 0.29) is 11.4 Å².